The molecule has 1 fully saturated rings. The number of ether oxygens (including phenoxy) is 2. The maximum atomic E-state index is 12.8. The number of hydrogen-bond acceptors (Lipinski definition) is 5. The first-order valence-corrected chi connectivity index (χ1v) is 11.5. The van der Waals surface area contributed by atoms with Crippen LogP contribution in [0.3, 0.4) is 0 Å². The first kappa shape index (κ1) is 22.1. The third-order valence-electron chi connectivity index (χ3n) is 5.22. The van der Waals surface area contributed by atoms with Crippen LogP contribution in [0.25, 0.3) is 0 Å². The van der Waals surface area contributed by atoms with Gasteiger partial charge >= 0.3 is 0 Å². The Morgan fingerprint density at radius 3 is 2.37 bits per heavy atom. The van der Waals surface area contributed by atoms with Crippen molar-refractivity contribution in [1.82, 2.24) is 4.31 Å². The highest BCUT2D eigenvalue weighted by Gasteiger charge is 2.27. The van der Waals surface area contributed by atoms with Gasteiger partial charge in [0.25, 0.3) is 5.91 Å². The molecule has 30 heavy (non-hydrogen) atoms. The largest absolute Gasteiger partial charge is 0.493 e. The Balaban J connectivity index is 1.70. The summed E-state index contributed by atoms with van der Waals surface area (Å²) in [4.78, 5) is 12.8. The number of carbonyl (C=O) groups excluding carboxylic acids is 1. The normalized spacial score (nSPS) is 15.6. The van der Waals surface area contributed by atoms with E-state index < -0.39 is 10.0 Å². The van der Waals surface area contributed by atoms with E-state index in [1.807, 2.05) is 6.92 Å². The van der Waals surface area contributed by atoms with E-state index in [1.165, 1.54) is 23.5 Å². The highest BCUT2D eigenvalue weighted by Crippen LogP contribution is 2.29. The van der Waals surface area contributed by atoms with Crippen LogP contribution in [-0.4, -0.2) is 45.4 Å². The maximum absolute atomic E-state index is 12.8. The Kier molecular flexibility index (Phi) is 6.99. The van der Waals surface area contributed by atoms with Crippen molar-refractivity contribution in [3.05, 3.63) is 48.0 Å². The van der Waals surface area contributed by atoms with E-state index in [2.05, 4.69) is 12.2 Å². The Morgan fingerprint density at radius 1 is 1.10 bits per heavy atom. The van der Waals surface area contributed by atoms with Gasteiger partial charge in [0.05, 0.1) is 18.6 Å². The molecule has 0 aromatic heterocycles. The first-order chi connectivity index (χ1) is 14.3. The van der Waals surface area contributed by atoms with Crippen LogP contribution in [0.2, 0.25) is 0 Å². The van der Waals surface area contributed by atoms with Gasteiger partial charge in [-0.2, -0.15) is 4.31 Å². The number of methoxy groups -OCH3 is 1. The molecule has 162 valence electrons. The highest BCUT2D eigenvalue weighted by atomic mass is 32.2. The van der Waals surface area contributed by atoms with Crippen molar-refractivity contribution < 1.29 is 22.7 Å². The lowest BCUT2D eigenvalue weighted by Crippen LogP contribution is -2.37. The van der Waals surface area contributed by atoms with Crippen LogP contribution in [0.15, 0.2) is 47.4 Å². The van der Waals surface area contributed by atoms with Crippen LogP contribution in [0.4, 0.5) is 5.69 Å². The third-order valence-corrected chi connectivity index (χ3v) is 7.13. The summed E-state index contributed by atoms with van der Waals surface area (Å²) in [5, 5.41) is 2.78. The van der Waals surface area contributed by atoms with Crippen LogP contribution >= 0.6 is 0 Å². The molecule has 0 saturated carbocycles. The van der Waals surface area contributed by atoms with Gasteiger partial charge in [0, 0.05) is 24.3 Å². The van der Waals surface area contributed by atoms with E-state index in [0.717, 1.165) is 12.8 Å². The van der Waals surface area contributed by atoms with E-state index in [-0.39, 0.29) is 10.8 Å². The number of piperidine rings is 1. The first-order valence-electron chi connectivity index (χ1n) is 10.1. The fourth-order valence-corrected chi connectivity index (χ4v) is 4.84. The molecule has 2 aromatic rings. The molecule has 2 aromatic carbocycles. The lowest BCUT2D eigenvalue weighted by Gasteiger charge is -2.29. The zero-order chi connectivity index (χ0) is 21.7. The van der Waals surface area contributed by atoms with Gasteiger partial charge in [0.15, 0.2) is 11.5 Å². The molecule has 7 nitrogen and oxygen atoms in total. The number of sulfonamides is 1. The molecule has 0 atom stereocenters. The predicted molar refractivity (Wildman–Crippen MR) is 116 cm³/mol. The number of rotatable bonds is 7. The van der Waals surface area contributed by atoms with Gasteiger partial charge in [0.2, 0.25) is 10.0 Å². The fourth-order valence-electron chi connectivity index (χ4n) is 3.37. The van der Waals surface area contributed by atoms with E-state index >= 15 is 0 Å². The van der Waals surface area contributed by atoms with Crippen molar-refractivity contribution in [3.63, 3.8) is 0 Å². The molecule has 1 aliphatic rings. The topological polar surface area (TPSA) is 84.9 Å². The molecule has 1 aliphatic heterocycles. The second-order valence-electron chi connectivity index (χ2n) is 7.36. The molecule has 0 bridgehead atoms. The molecular weight excluding hydrogens is 404 g/mol. The van der Waals surface area contributed by atoms with Crippen LogP contribution in [0.5, 0.6) is 11.5 Å². The van der Waals surface area contributed by atoms with E-state index in [1.54, 1.807) is 30.3 Å². The van der Waals surface area contributed by atoms with E-state index in [9.17, 15) is 13.2 Å². The molecule has 1 amide bonds. The number of hydrogen-bond donors (Lipinski definition) is 1. The summed E-state index contributed by atoms with van der Waals surface area (Å²) >= 11 is 0. The smallest absolute Gasteiger partial charge is 0.255 e. The monoisotopic (exact) mass is 432 g/mol. The lowest BCUT2D eigenvalue weighted by atomic mass is 10.0. The van der Waals surface area contributed by atoms with E-state index in [0.29, 0.717) is 48.4 Å². The number of anilines is 1. The second-order valence-corrected chi connectivity index (χ2v) is 9.30. The Morgan fingerprint density at radius 2 is 1.77 bits per heavy atom. The molecule has 1 N–H and O–H groups in total. The lowest BCUT2D eigenvalue weighted by molar-refractivity contribution is 0.102. The van der Waals surface area contributed by atoms with Gasteiger partial charge in [-0.15, -0.1) is 0 Å². The summed E-state index contributed by atoms with van der Waals surface area (Å²) in [6, 6.07) is 11.2. The van der Waals surface area contributed by atoms with Crippen LogP contribution in [0.1, 0.15) is 37.0 Å². The average Bonchev–Trinajstić information content (AvgIpc) is 2.75. The Labute approximate surface area is 178 Å². The number of amides is 1. The van der Waals surface area contributed by atoms with Gasteiger partial charge in [0.1, 0.15) is 0 Å². The van der Waals surface area contributed by atoms with Gasteiger partial charge < -0.3 is 14.8 Å². The second kappa shape index (κ2) is 9.49. The standard InChI is InChI=1S/C22H28N2O5S/c1-4-29-20-10-5-17(15-21(20)28-3)22(25)23-18-6-8-19(9-7-18)30(26,27)24-13-11-16(2)12-14-24/h5-10,15-16H,4,11-14H2,1-3H3,(H,23,25). The summed E-state index contributed by atoms with van der Waals surface area (Å²) in [5.74, 6) is 1.27. The fraction of sp³-hybridized carbons (Fsp3) is 0.409. The van der Waals surface area contributed by atoms with Gasteiger partial charge in [-0.1, -0.05) is 6.92 Å². The predicted octanol–water partition coefficient (Wildman–Crippen LogP) is 3.77. The molecule has 0 unspecified atom stereocenters. The van der Waals surface area contributed by atoms with Crippen molar-refractivity contribution in [3.8, 4) is 11.5 Å². The molecule has 0 radical (unpaired) electrons. The molecule has 0 spiro atoms. The molecule has 8 heteroatoms. The SMILES string of the molecule is CCOc1ccc(C(=O)Nc2ccc(S(=O)(=O)N3CCC(C)CC3)cc2)cc1OC. The summed E-state index contributed by atoms with van der Waals surface area (Å²) in [7, 11) is -2.00. The summed E-state index contributed by atoms with van der Waals surface area (Å²) in [6.45, 7) is 5.59. The van der Waals surface area contributed by atoms with Gasteiger partial charge in [-0.25, -0.2) is 8.42 Å². The minimum absolute atomic E-state index is 0.234. The number of carbonyl (C=O) groups is 1. The Bertz CT molecular complexity index is 981. The number of nitrogens with one attached hydrogen (secondary N) is 1. The van der Waals surface area contributed by atoms with Gasteiger partial charge in [-0.05, 0) is 68.1 Å². The Hall–Kier alpha value is -2.58. The van der Waals surface area contributed by atoms with Crippen molar-refractivity contribution in [2.45, 2.75) is 31.6 Å². The van der Waals surface area contributed by atoms with Crippen LogP contribution in [-0.2, 0) is 10.0 Å². The summed E-state index contributed by atoms with van der Waals surface area (Å²) in [5.41, 5.74) is 0.925. The van der Waals surface area contributed by atoms with Crippen LogP contribution < -0.4 is 14.8 Å². The van der Waals surface area contributed by atoms with Crippen LogP contribution in [0, 0.1) is 5.92 Å². The molecule has 1 heterocycles. The molecule has 1 saturated heterocycles. The number of nitrogens with zero attached hydrogens (tertiary/aromatic N) is 1. The van der Waals surface area contributed by atoms with Crippen molar-refractivity contribution in [1.29, 1.82) is 0 Å². The minimum Gasteiger partial charge on any atom is -0.493 e. The molecule has 3 rings (SSSR count). The third kappa shape index (κ3) is 4.94. The van der Waals surface area contributed by atoms with E-state index in [4.69, 9.17) is 9.47 Å². The number of benzene rings is 2. The summed E-state index contributed by atoms with van der Waals surface area (Å²) < 4.78 is 37.9. The average molecular weight is 433 g/mol. The van der Waals surface area contributed by atoms with Crippen molar-refractivity contribution in [2.24, 2.45) is 5.92 Å². The summed E-state index contributed by atoms with van der Waals surface area (Å²) in [6.07, 6.45) is 1.75. The van der Waals surface area contributed by atoms with Crippen molar-refractivity contribution in [2.75, 3.05) is 32.1 Å². The zero-order valence-corrected chi connectivity index (χ0v) is 18.4. The molecular formula is C22H28N2O5S. The zero-order valence-electron chi connectivity index (χ0n) is 17.6. The quantitative estimate of drug-likeness (QED) is 0.720. The minimum atomic E-state index is -3.51. The van der Waals surface area contributed by atoms with Crippen molar-refractivity contribution >= 4 is 21.6 Å². The highest BCUT2D eigenvalue weighted by molar-refractivity contribution is 7.89. The molecule has 0 aliphatic carbocycles. The maximum Gasteiger partial charge on any atom is 0.255 e. The van der Waals surface area contributed by atoms with Gasteiger partial charge in [-0.3, -0.25) is 4.79 Å².